The van der Waals surface area contributed by atoms with E-state index in [9.17, 15) is 0 Å². The highest BCUT2D eigenvalue weighted by Gasteiger charge is 2.37. The number of rotatable bonds is 6. The van der Waals surface area contributed by atoms with Gasteiger partial charge in [0.15, 0.2) is 0 Å². The zero-order valence-corrected chi connectivity index (χ0v) is 14.4. The molecule has 1 aliphatic carbocycles. The summed E-state index contributed by atoms with van der Waals surface area (Å²) in [4.78, 5) is 2.59. The van der Waals surface area contributed by atoms with Crippen LogP contribution in [0.15, 0.2) is 0 Å². The molecule has 3 heteroatoms. The quantitative estimate of drug-likeness (QED) is 0.756. The molecule has 0 heterocycles. The molecule has 0 spiro atoms. The van der Waals surface area contributed by atoms with E-state index < -0.39 is 0 Å². The van der Waals surface area contributed by atoms with E-state index in [2.05, 4.69) is 39.0 Å². The van der Waals surface area contributed by atoms with Gasteiger partial charge < -0.3 is 5.73 Å². The standard InChI is InChI=1S/C16H34N2S/c1-13(2)15-7-6-9-16(12-17,10-8-15)18(4)14(3)11-19-5/h13-15H,6-12,17H2,1-5H3. The lowest BCUT2D eigenvalue weighted by Crippen LogP contribution is -2.55. The van der Waals surface area contributed by atoms with E-state index in [1.165, 1.54) is 37.9 Å². The van der Waals surface area contributed by atoms with Crippen molar-refractivity contribution in [1.82, 2.24) is 4.90 Å². The molecule has 0 radical (unpaired) electrons. The third-order valence-corrected chi connectivity index (χ3v) is 6.15. The second kappa shape index (κ2) is 7.90. The molecule has 0 bridgehead atoms. The summed E-state index contributed by atoms with van der Waals surface area (Å²) in [7, 11) is 2.30. The Morgan fingerprint density at radius 1 is 1.26 bits per heavy atom. The Labute approximate surface area is 124 Å². The van der Waals surface area contributed by atoms with Gasteiger partial charge in [-0.15, -0.1) is 0 Å². The fraction of sp³-hybridized carbons (Fsp3) is 1.00. The van der Waals surface area contributed by atoms with Crippen LogP contribution in [0.1, 0.15) is 52.9 Å². The molecule has 1 saturated carbocycles. The van der Waals surface area contributed by atoms with Gasteiger partial charge >= 0.3 is 0 Å². The van der Waals surface area contributed by atoms with Crippen LogP contribution in [0.4, 0.5) is 0 Å². The molecule has 2 N–H and O–H groups in total. The van der Waals surface area contributed by atoms with E-state index in [1.807, 2.05) is 11.8 Å². The molecule has 1 fully saturated rings. The van der Waals surface area contributed by atoms with Crippen LogP contribution in [0.3, 0.4) is 0 Å². The number of hydrogen-bond acceptors (Lipinski definition) is 3. The van der Waals surface area contributed by atoms with Gasteiger partial charge in [-0.05, 0) is 51.3 Å². The zero-order valence-electron chi connectivity index (χ0n) is 13.6. The van der Waals surface area contributed by atoms with Crippen LogP contribution in [0.25, 0.3) is 0 Å². The summed E-state index contributed by atoms with van der Waals surface area (Å²) in [5.74, 6) is 2.92. The smallest absolute Gasteiger partial charge is 0.0331 e. The minimum atomic E-state index is 0.249. The van der Waals surface area contributed by atoms with Crippen molar-refractivity contribution < 1.29 is 0 Å². The number of hydrogen-bond donors (Lipinski definition) is 1. The van der Waals surface area contributed by atoms with Gasteiger partial charge in [-0.2, -0.15) is 11.8 Å². The Balaban J connectivity index is 2.74. The van der Waals surface area contributed by atoms with Crippen LogP contribution in [-0.4, -0.2) is 42.1 Å². The highest BCUT2D eigenvalue weighted by Crippen LogP contribution is 2.37. The van der Waals surface area contributed by atoms with E-state index in [1.54, 1.807) is 0 Å². The van der Waals surface area contributed by atoms with Crippen molar-refractivity contribution in [2.75, 3.05) is 25.6 Å². The second-order valence-corrected chi connectivity index (χ2v) is 7.69. The third kappa shape index (κ3) is 4.37. The van der Waals surface area contributed by atoms with Gasteiger partial charge in [0.2, 0.25) is 0 Å². The van der Waals surface area contributed by atoms with Gasteiger partial charge in [0.1, 0.15) is 0 Å². The van der Waals surface area contributed by atoms with E-state index in [0.29, 0.717) is 6.04 Å². The third-order valence-electron chi connectivity index (χ3n) is 5.34. The van der Waals surface area contributed by atoms with Gasteiger partial charge in [0.05, 0.1) is 0 Å². The maximum absolute atomic E-state index is 6.22. The summed E-state index contributed by atoms with van der Waals surface area (Å²) in [5.41, 5.74) is 6.46. The van der Waals surface area contributed by atoms with Gasteiger partial charge in [-0.1, -0.05) is 26.7 Å². The minimum Gasteiger partial charge on any atom is -0.329 e. The highest BCUT2D eigenvalue weighted by atomic mass is 32.2. The molecule has 0 aliphatic heterocycles. The van der Waals surface area contributed by atoms with Crippen molar-refractivity contribution in [3.8, 4) is 0 Å². The van der Waals surface area contributed by atoms with Gasteiger partial charge in [-0.25, -0.2) is 0 Å². The van der Waals surface area contributed by atoms with E-state index >= 15 is 0 Å². The van der Waals surface area contributed by atoms with E-state index in [-0.39, 0.29) is 5.54 Å². The Bertz CT molecular complexity index is 257. The highest BCUT2D eigenvalue weighted by molar-refractivity contribution is 7.98. The maximum atomic E-state index is 6.22. The monoisotopic (exact) mass is 286 g/mol. The lowest BCUT2D eigenvalue weighted by molar-refractivity contribution is 0.0768. The predicted molar refractivity (Wildman–Crippen MR) is 88.8 cm³/mol. The van der Waals surface area contributed by atoms with Gasteiger partial charge in [0, 0.05) is 23.9 Å². The van der Waals surface area contributed by atoms with Crippen molar-refractivity contribution in [3.63, 3.8) is 0 Å². The minimum absolute atomic E-state index is 0.249. The average molecular weight is 287 g/mol. The Hall–Kier alpha value is 0.270. The SMILES string of the molecule is CSCC(C)N(C)C1(CN)CCCC(C(C)C)CC1. The van der Waals surface area contributed by atoms with Crippen LogP contribution >= 0.6 is 11.8 Å². The van der Waals surface area contributed by atoms with Crippen LogP contribution in [0.5, 0.6) is 0 Å². The number of thioether (sulfide) groups is 1. The summed E-state index contributed by atoms with van der Waals surface area (Å²) in [6.45, 7) is 7.91. The van der Waals surface area contributed by atoms with Crippen molar-refractivity contribution in [1.29, 1.82) is 0 Å². The molecule has 0 saturated heterocycles. The van der Waals surface area contributed by atoms with Gasteiger partial charge in [-0.3, -0.25) is 4.90 Å². The first-order valence-electron chi connectivity index (χ1n) is 7.88. The summed E-state index contributed by atoms with van der Waals surface area (Å²) < 4.78 is 0. The van der Waals surface area contributed by atoms with Crippen molar-refractivity contribution >= 4 is 11.8 Å². The predicted octanol–water partition coefficient (Wildman–Crippen LogP) is 3.60. The summed E-state index contributed by atoms with van der Waals surface area (Å²) in [5, 5.41) is 0. The van der Waals surface area contributed by atoms with E-state index in [4.69, 9.17) is 5.73 Å². The first-order chi connectivity index (χ1) is 8.96. The summed E-state index contributed by atoms with van der Waals surface area (Å²) >= 11 is 1.94. The molecule has 19 heavy (non-hydrogen) atoms. The van der Waals surface area contributed by atoms with Crippen LogP contribution in [0, 0.1) is 11.8 Å². The van der Waals surface area contributed by atoms with Crippen LogP contribution in [-0.2, 0) is 0 Å². The lowest BCUT2D eigenvalue weighted by atomic mass is 9.85. The molecule has 2 nitrogen and oxygen atoms in total. The van der Waals surface area contributed by atoms with Crippen LogP contribution in [0.2, 0.25) is 0 Å². The number of likely N-dealkylation sites (N-methyl/N-ethyl adjacent to an activating group) is 1. The molecule has 0 aromatic heterocycles. The van der Waals surface area contributed by atoms with E-state index in [0.717, 1.165) is 18.4 Å². The van der Waals surface area contributed by atoms with Gasteiger partial charge in [0.25, 0.3) is 0 Å². The molecule has 1 rings (SSSR count). The Kier molecular flexibility index (Phi) is 7.20. The molecule has 0 amide bonds. The van der Waals surface area contributed by atoms with Crippen LogP contribution < -0.4 is 5.73 Å². The normalized spacial score (nSPS) is 30.6. The molecule has 0 aromatic rings. The van der Waals surface area contributed by atoms with Crippen molar-refractivity contribution in [3.05, 3.63) is 0 Å². The fourth-order valence-electron chi connectivity index (χ4n) is 3.60. The fourth-order valence-corrected chi connectivity index (χ4v) is 4.31. The molecule has 3 atom stereocenters. The average Bonchev–Trinajstić information content (AvgIpc) is 2.61. The topological polar surface area (TPSA) is 29.3 Å². The summed E-state index contributed by atoms with van der Waals surface area (Å²) in [6.07, 6.45) is 8.84. The second-order valence-electron chi connectivity index (χ2n) is 6.78. The molecule has 0 aromatic carbocycles. The largest absolute Gasteiger partial charge is 0.329 e. The zero-order chi connectivity index (χ0) is 14.5. The molecule has 114 valence electrons. The Morgan fingerprint density at radius 2 is 1.95 bits per heavy atom. The molecular weight excluding hydrogens is 252 g/mol. The molecular formula is C16H34N2S. The molecule has 1 aliphatic rings. The number of nitrogens with zero attached hydrogens (tertiary/aromatic N) is 1. The first kappa shape index (κ1) is 17.3. The summed E-state index contributed by atoms with van der Waals surface area (Å²) in [6, 6.07) is 0.620. The molecule has 3 unspecified atom stereocenters. The Morgan fingerprint density at radius 3 is 2.47 bits per heavy atom. The number of nitrogens with two attached hydrogens (primary N) is 1. The lowest BCUT2D eigenvalue weighted by Gasteiger charge is -2.44. The first-order valence-corrected chi connectivity index (χ1v) is 9.28. The van der Waals surface area contributed by atoms with Crippen molar-refractivity contribution in [2.24, 2.45) is 17.6 Å². The maximum Gasteiger partial charge on any atom is 0.0331 e. The van der Waals surface area contributed by atoms with Crippen molar-refractivity contribution in [2.45, 2.75) is 64.5 Å².